The molecule has 0 aliphatic heterocycles. The van der Waals surface area contributed by atoms with E-state index in [9.17, 15) is 13.6 Å². The maximum absolute atomic E-state index is 13.1. The Hall–Kier alpha value is -0.970. The van der Waals surface area contributed by atoms with Crippen molar-refractivity contribution in [3.8, 4) is 0 Å². The first-order chi connectivity index (χ1) is 7.04. The molecular weight excluding hydrogens is 268 g/mol. The molecule has 1 N–H and O–H groups in total. The monoisotopic (exact) mass is 277 g/mol. The molecule has 0 spiro atoms. The molecule has 1 atom stereocenters. The molecule has 0 aliphatic carbocycles. The quantitative estimate of drug-likeness (QED) is 0.845. The second-order valence-electron chi connectivity index (χ2n) is 3.15. The van der Waals surface area contributed by atoms with Crippen molar-refractivity contribution in [3.63, 3.8) is 0 Å². The molecule has 0 saturated carbocycles. The average molecular weight is 278 g/mol. The molecule has 0 saturated heterocycles. The average Bonchev–Trinajstić information content (AvgIpc) is 2.17. The number of rotatable bonds is 3. The van der Waals surface area contributed by atoms with Gasteiger partial charge in [0, 0.05) is 17.4 Å². The predicted octanol–water partition coefficient (Wildman–Crippen LogP) is 2.48. The molecular formula is C10H10BrF2NO. The Balaban J connectivity index is 2.82. The third-order valence-corrected chi connectivity index (χ3v) is 2.76. The van der Waals surface area contributed by atoms with E-state index in [-0.39, 0.29) is 11.6 Å². The van der Waals surface area contributed by atoms with Crippen molar-refractivity contribution in [3.05, 3.63) is 35.4 Å². The van der Waals surface area contributed by atoms with E-state index < -0.39 is 17.5 Å². The van der Waals surface area contributed by atoms with Crippen molar-refractivity contribution >= 4 is 21.8 Å². The van der Waals surface area contributed by atoms with E-state index in [2.05, 4.69) is 21.2 Å². The lowest BCUT2D eigenvalue weighted by Gasteiger charge is -2.10. The standard InChI is InChI=1S/C10H10BrF2NO/c1-6(5-11)14-10(15)8-3-2-7(12)4-9(8)13/h2-4,6H,5H2,1H3,(H,14,15). The summed E-state index contributed by atoms with van der Waals surface area (Å²) in [5, 5.41) is 3.13. The van der Waals surface area contributed by atoms with Gasteiger partial charge in [0.15, 0.2) is 0 Å². The number of amides is 1. The zero-order valence-corrected chi connectivity index (χ0v) is 9.64. The number of hydrogen-bond acceptors (Lipinski definition) is 1. The lowest BCUT2D eigenvalue weighted by molar-refractivity contribution is 0.0940. The smallest absolute Gasteiger partial charge is 0.254 e. The van der Waals surface area contributed by atoms with Crippen LogP contribution >= 0.6 is 15.9 Å². The molecule has 0 radical (unpaired) electrons. The summed E-state index contributed by atoms with van der Waals surface area (Å²) in [6.45, 7) is 1.77. The van der Waals surface area contributed by atoms with Crippen molar-refractivity contribution < 1.29 is 13.6 Å². The molecule has 5 heteroatoms. The highest BCUT2D eigenvalue weighted by Gasteiger charge is 2.13. The summed E-state index contributed by atoms with van der Waals surface area (Å²) in [6.07, 6.45) is 0. The van der Waals surface area contributed by atoms with Crippen molar-refractivity contribution in [2.24, 2.45) is 0 Å². The van der Waals surface area contributed by atoms with Crippen molar-refractivity contribution in [1.82, 2.24) is 5.32 Å². The summed E-state index contributed by atoms with van der Waals surface area (Å²) in [6, 6.07) is 2.76. The first kappa shape index (κ1) is 12.1. The Bertz CT molecular complexity index is 370. The molecule has 0 heterocycles. The Morgan fingerprint density at radius 1 is 1.53 bits per heavy atom. The number of nitrogens with one attached hydrogen (secondary N) is 1. The Morgan fingerprint density at radius 2 is 2.20 bits per heavy atom. The lowest BCUT2D eigenvalue weighted by atomic mass is 10.2. The van der Waals surface area contributed by atoms with Crippen molar-refractivity contribution in [2.45, 2.75) is 13.0 Å². The molecule has 0 aromatic heterocycles. The van der Waals surface area contributed by atoms with Gasteiger partial charge < -0.3 is 5.32 Å². The van der Waals surface area contributed by atoms with E-state index in [1.807, 2.05) is 0 Å². The van der Waals surface area contributed by atoms with Gasteiger partial charge in [-0.15, -0.1) is 0 Å². The fourth-order valence-corrected chi connectivity index (χ4v) is 1.18. The van der Waals surface area contributed by atoms with E-state index in [0.717, 1.165) is 12.1 Å². The Kier molecular flexibility index (Phi) is 4.20. The lowest BCUT2D eigenvalue weighted by Crippen LogP contribution is -2.34. The fourth-order valence-electron chi connectivity index (χ4n) is 1.01. The van der Waals surface area contributed by atoms with Gasteiger partial charge in [-0.25, -0.2) is 8.78 Å². The molecule has 0 aliphatic rings. The Morgan fingerprint density at radius 3 is 2.73 bits per heavy atom. The van der Waals surface area contributed by atoms with E-state index in [0.29, 0.717) is 11.4 Å². The van der Waals surface area contributed by atoms with Gasteiger partial charge in [-0.05, 0) is 19.1 Å². The van der Waals surface area contributed by atoms with Crippen LogP contribution in [0.5, 0.6) is 0 Å². The SMILES string of the molecule is CC(CBr)NC(=O)c1ccc(F)cc1F. The minimum atomic E-state index is -0.853. The minimum absolute atomic E-state index is 0.109. The molecule has 1 amide bonds. The van der Waals surface area contributed by atoms with Gasteiger partial charge in [0.2, 0.25) is 0 Å². The first-order valence-electron chi connectivity index (χ1n) is 4.36. The molecule has 1 rings (SSSR count). The zero-order valence-electron chi connectivity index (χ0n) is 8.06. The molecule has 0 bridgehead atoms. The van der Waals surface area contributed by atoms with Crippen LogP contribution in [0.2, 0.25) is 0 Å². The maximum Gasteiger partial charge on any atom is 0.254 e. The molecule has 0 fully saturated rings. The second kappa shape index (κ2) is 5.21. The van der Waals surface area contributed by atoms with Crippen LogP contribution in [0, 0.1) is 11.6 Å². The van der Waals surface area contributed by atoms with Gasteiger partial charge in [-0.2, -0.15) is 0 Å². The van der Waals surface area contributed by atoms with Crippen LogP contribution in [0.4, 0.5) is 8.78 Å². The van der Waals surface area contributed by atoms with Crippen LogP contribution in [0.3, 0.4) is 0 Å². The number of carbonyl (C=O) groups excluding carboxylic acids is 1. The number of carbonyl (C=O) groups is 1. The minimum Gasteiger partial charge on any atom is -0.349 e. The second-order valence-corrected chi connectivity index (χ2v) is 3.80. The Labute approximate surface area is 94.8 Å². The third kappa shape index (κ3) is 3.27. The van der Waals surface area contributed by atoms with Crippen LogP contribution in [-0.2, 0) is 0 Å². The van der Waals surface area contributed by atoms with Crippen molar-refractivity contribution in [2.75, 3.05) is 5.33 Å². The van der Waals surface area contributed by atoms with Gasteiger partial charge in [0.25, 0.3) is 5.91 Å². The zero-order chi connectivity index (χ0) is 11.4. The van der Waals surface area contributed by atoms with Crippen LogP contribution < -0.4 is 5.32 Å². The third-order valence-electron chi connectivity index (χ3n) is 1.78. The summed E-state index contributed by atoms with van der Waals surface area (Å²) >= 11 is 3.18. The summed E-state index contributed by atoms with van der Waals surface area (Å²) in [4.78, 5) is 11.5. The van der Waals surface area contributed by atoms with Crippen LogP contribution in [0.25, 0.3) is 0 Å². The number of hydrogen-bond donors (Lipinski definition) is 1. The summed E-state index contributed by atoms with van der Waals surface area (Å²) in [5.74, 6) is -2.09. The summed E-state index contributed by atoms with van der Waals surface area (Å²) in [5.41, 5.74) is -0.149. The van der Waals surface area contributed by atoms with Crippen LogP contribution in [-0.4, -0.2) is 17.3 Å². The largest absolute Gasteiger partial charge is 0.349 e. The van der Waals surface area contributed by atoms with E-state index in [1.165, 1.54) is 0 Å². The normalized spacial score (nSPS) is 12.3. The van der Waals surface area contributed by atoms with Crippen molar-refractivity contribution in [1.29, 1.82) is 0 Å². The molecule has 1 aromatic carbocycles. The number of halogens is 3. The molecule has 82 valence electrons. The molecule has 2 nitrogen and oxygen atoms in total. The summed E-state index contributed by atoms with van der Waals surface area (Å²) < 4.78 is 25.7. The highest BCUT2D eigenvalue weighted by molar-refractivity contribution is 9.09. The number of alkyl halides is 1. The van der Waals surface area contributed by atoms with Gasteiger partial charge in [0.05, 0.1) is 5.56 Å². The van der Waals surface area contributed by atoms with Gasteiger partial charge in [-0.3, -0.25) is 4.79 Å². The molecule has 15 heavy (non-hydrogen) atoms. The molecule has 1 aromatic rings. The van der Waals surface area contributed by atoms with E-state index in [1.54, 1.807) is 6.92 Å². The maximum atomic E-state index is 13.1. The first-order valence-corrected chi connectivity index (χ1v) is 5.48. The van der Waals surface area contributed by atoms with Crippen LogP contribution in [0.15, 0.2) is 18.2 Å². The molecule has 1 unspecified atom stereocenters. The fraction of sp³-hybridized carbons (Fsp3) is 0.300. The predicted molar refractivity (Wildman–Crippen MR) is 57.1 cm³/mol. The van der Waals surface area contributed by atoms with Gasteiger partial charge in [0.1, 0.15) is 11.6 Å². The number of benzene rings is 1. The highest BCUT2D eigenvalue weighted by Crippen LogP contribution is 2.09. The topological polar surface area (TPSA) is 29.1 Å². The summed E-state index contributed by atoms with van der Waals surface area (Å²) in [7, 11) is 0. The van der Waals surface area contributed by atoms with E-state index in [4.69, 9.17) is 0 Å². The highest BCUT2D eigenvalue weighted by atomic mass is 79.9. The van der Waals surface area contributed by atoms with Crippen LogP contribution in [0.1, 0.15) is 17.3 Å². The van der Waals surface area contributed by atoms with E-state index >= 15 is 0 Å². The van der Waals surface area contributed by atoms with Gasteiger partial charge >= 0.3 is 0 Å². The van der Waals surface area contributed by atoms with Gasteiger partial charge in [-0.1, -0.05) is 15.9 Å².